The first-order valence-electron chi connectivity index (χ1n) is 13.6. The summed E-state index contributed by atoms with van der Waals surface area (Å²) in [4.78, 5) is 5.07. The van der Waals surface area contributed by atoms with Crippen molar-refractivity contribution in [3.05, 3.63) is 152 Å². The second kappa shape index (κ2) is 9.11. The Hall–Kier alpha value is -5.41. The first-order chi connectivity index (χ1) is 19.8. The van der Waals surface area contributed by atoms with Crippen molar-refractivity contribution >= 4 is 32.7 Å². The lowest BCUT2D eigenvalue weighted by Crippen LogP contribution is -1.97. The van der Waals surface area contributed by atoms with Crippen LogP contribution < -0.4 is 0 Å². The first kappa shape index (κ1) is 22.6. The molecule has 5 aromatic carbocycles. The minimum atomic E-state index is 0.959. The molecule has 0 aliphatic carbocycles. The van der Waals surface area contributed by atoms with Crippen LogP contribution in [0.15, 0.2) is 152 Å². The first-order valence-corrected chi connectivity index (χ1v) is 13.6. The molecule has 0 saturated heterocycles. The molecule has 0 aliphatic heterocycles. The molecule has 8 aromatic rings. The van der Waals surface area contributed by atoms with Gasteiger partial charge in [0.2, 0.25) is 0 Å². The maximum Gasteiger partial charge on any atom is 0.0730 e. The van der Waals surface area contributed by atoms with Crippen molar-refractivity contribution in [1.82, 2.24) is 14.1 Å². The van der Waals surface area contributed by atoms with Crippen molar-refractivity contribution < 1.29 is 0 Å². The summed E-state index contributed by atoms with van der Waals surface area (Å²) in [5.41, 5.74) is 9.98. The third-order valence-corrected chi connectivity index (χ3v) is 7.73. The van der Waals surface area contributed by atoms with Gasteiger partial charge in [0.1, 0.15) is 0 Å². The third-order valence-electron chi connectivity index (χ3n) is 7.73. The monoisotopic (exact) mass is 511 g/mol. The third kappa shape index (κ3) is 3.63. The van der Waals surface area contributed by atoms with Gasteiger partial charge in [-0.05, 0) is 48.5 Å². The SMILES string of the molecule is c1ccc(-c2cc(-n3ccc4cc5c(cc43)c3ccccc3n5-c3ccccc3)cc(-c3ccccc3)n2)cc1. The molecule has 0 aliphatic rings. The van der Waals surface area contributed by atoms with E-state index in [9.17, 15) is 0 Å². The molecule has 0 saturated carbocycles. The van der Waals surface area contributed by atoms with Gasteiger partial charge in [-0.25, -0.2) is 4.98 Å². The zero-order chi connectivity index (χ0) is 26.5. The quantitative estimate of drug-likeness (QED) is 0.231. The van der Waals surface area contributed by atoms with E-state index in [1.807, 2.05) is 12.1 Å². The van der Waals surface area contributed by atoms with Gasteiger partial charge < -0.3 is 9.13 Å². The summed E-state index contributed by atoms with van der Waals surface area (Å²) in [6, 6.07) is 51.4. The van der Waals surface area contributed by atoms with E-state index in [1.165, 1.54) is 38.4 Å². The molecule has 0 radical (unpaired) electrons. The van der Waals surface area contributed by atoms with E-state index in [-0.39, 0.29) is 0 Å². The van der Waals surface area contributed by atoms with Gasteiger partial charge in [0.15, 0.2) is 0 Å². The number of rotatable bonds is 4. The van der Waals surface area contributed by atoms with Crippen LogP contribution in [-0.4, -0.2) is 14.1 Å². The normalized spacial score (nSPS) is 11.5. The molecule has 0 bridgehead atoms. The summed E-state index contributed by atoms with van der Waals surface area (Å²) in [5, 5.41) is 3.69. The molecule has 3 nitrogen and oxygen atoms in total. The average Bonchev–Trinajstić information content (AvgIpc) is 3.59. The lowest BCUT2D eigenvalue weighted by Gasteiger charge is -2.12. The number of hydrogen-bond acceptors (Lipinski definition) is 1. The Balaban J connectivity index is 1.39. The highest BCUT2D eigenvalue weighted by atomic mass is 15.0. The van der Waals surface area contributed by atoms with Crippen LogP contribution >= 0.6 is 0 Å². The Bertz CT molecular complexity index is 2080. The maximum absolute atomic E-state index is 5.07. The number of benzene rings is 5. The largest absolute Gasteiger partial charge is 0.316 e. The Morgan fingerprint density at radius 3 is 1.70 bits per heavy atom. The zero-order valence-electron chi connectivity index (χ0n) is 21.8. The van der Waals surface area contributed by atoms with Crippen LogP contribution in [0.3, 0.4) is 0 Å². The molecule has 0 spiro atoms. The zero-order valence-corrected chi connectivity index (χ0v) is 21.8. The highest BCUT2D eigenvalue weighted by Crippen LogP contribution is 2.36. The fourth-order valence-electron chi connectivity index (χ4n) is 5.85. The van der Waals surface area contributed by atoms with Crippen molar-refractivity contribution in [3.63, 3.8) is 0 Å². The van der Waals surface area contributed by atoms with Gasteiger partial charge in [0.05, 0.1) is 27.9 Å². The highest BCUT2D eigenvalue weighted by molar-refractivity contribution is 6.13. The summed E-state index contributed by atoms with van der Waals surface area (Å²) >= 11 is 0. The minimum Gasteiger partial charge on any atom is -0.316 e. The molecule has 0 amide bonds. The standard InChI is InChI=1S/C37H25N3/c1-4-12-26(13-5-1)33-23-30(24-34(38-33)27-14-6-2-7-15-27)39-21-20-28-22-37-32(25-36(28)39)31-18-10-11-19-35(31)40(37)29-16-8-3-9-17-29/h1-25H. The molecular formula is C37H25N3. The summed E-state index contributed by atoms with van der Waals surface area (Å²) in [5.74, 6) is 0. The van der Waals surface area contributed by atoms with Crippen LogP contribution in [0.1, 0.15) is 0 Å². The summed E-state index contributed by atoms with van der Waals surface area (Å²) < 4.78 is 4.67. The number of para-hydroxylation sites is 2. The second-order valence-electron chi connectivity index (χ2n) is 10.1. The van der Waals surface area contributed by atoms with Crippen molar-refractivity contribution in [2.24, 2.45) is 0 Å². The van der Waals surface area contributed by atoms with Crippen LogP contribution in [0.5, 0.6) is 0 Å². The summed E-state index contributed by atoms with van der Waals surface area (Å²) in [6.45, 7) is 0. The van der Waals surface area contributed by atoms with Crippen LogP contribution in [0.25, 0.3) is 66.6 Å². The van der Waals surface area contributed by atoms with Gasteiger partial charge in [-0.1, -0.05) is 97.1 Å². The van der Waals surface area contributed by atoms with Crippen molar-refractivity contribution in [3.8, 4) is 33.9 Å². The number of nitrogens with zero attached hydrogens (tertiary/aromatic N) is 3. The molecule has 8 rings (SSSR count). The molecule has 0 N–H and O–H groups in total. The van der Waals surface area contributed by atoms with Crippen LogP contribution in [0.4, 0.5) is 0 Å². The topological polar surface area (TPSA) is 22.8 Å². The van der Waals surface area contributed by atoms with E-state index in [1.54, 1.807) is 0 Å². The van der Waals surface area contributed by atoms with Gasteiger partial charge in [-0.2, -0.15) is 0 Å². The van der Waals surface area contributed by atoms with Crippen molar-refractivity contribution in [2.45, 2.75) is 0 Å². The van der Waals surface area contributed by atoms with E-state index in [0.29, 0.717) is 0 Å². The predicted molar refractivity (Wildman–Crippen MR) is 166 cm³/mol. The lowest BCUT2D eigenvalue weighted by molar-refractivity contribution is 1.11. The Kier molecular flexibility index (Phi) is 5.14. The molecule has 0 atom stereocenters. The molecule has 3 heterocycles. The highest BCUT2D eigenvalue weighted by Gasteiger charge is 2.16. The molecule has 3 heteroatoms. The van der Waals surface area contributed by atoms with E-state index in [0.717, 1.165) is 28.2 Å². The number of hydrogen-bond donors (Lipinski definition) is 0. The van der Waals surface area contributed by atoms with Crippen molar-refractivity contribution in [2.75, 3.05) is 0 Å². The van der Waals surface area contributed by atoms with Gasteiger partial charge in [-0.15, -0.1) is 0 Å². The molecule has 3 aromatic heterocycles. The number of fused-ring (bicyclic) bond motifs is 4. The lowest BCUT2D eigenvalue weighted by atomic mass is 10.1. The van der Waals surface area contributed by atoms with E-state index < -0.39 is 0 Å². The van der Waals surface area contributed by atoms with Gasteiger partial charge >= 0.3 is 0 Å². The smallest absolute Gasteiger partial charge is 0.0730 e. The second-order valence-corrected chi connectivity index (χ2v) is 10.1. The number of pyridine rings is 1. The van der Waals surface area contributed by atoms with Crippen LogP contribution in [0.2, 0.25) is 0 Å². The Morgan fingerprint density at radius 1 is 0.425 bits per heavy atom. The minimum absolute atomic E-state index is 0.959. The average molecular weight is 512 g/mol. The molecule has 0 unspecified atom stereocenters. The Morgan fingerprint density at radius 2 is 1.02 bits per heavy atom. The van der Waals surface area contributed by atoms with Crippen LogP contribution in [-0.2, 0) is 0 Å². The van der Waals surface area contributed by atoms with Crippen molar-refractivity contribution in [1.29, 1.82) is 0 Å². The molecule has 40 heavy (non-hydrogen) atoms. The maximum atomic E-state index is 5.07. The molecule has 0 fully saturated rings. The fourth-order valence-corrected chi connectivity index (χ4v) is 5.85. The predicted octanol–water partition coefficient (Wildman–Crippen LogP) is 9.46. The van der Waals surface area contributed by atoms with E-state index in [4.69, 9.17) is 4.98 Å². The van der Waals surface area contributed by atoms with Gasteiger partial charge in [-0.3, -0.25) is 0 Å². The van der Waals surface area contributed by atoms with E-state index in [2.05, 4.69) is 149 Å². The summed E-state index contributed by atoms with van der Waals surface area (Å²) in [7, 11) is 0. The van der Waals surface area contributed by atoms with Crippen LogP contribution in [0, 0.1) is 0 Å². The molecular weight excluding hydrogens is 486 g/mol. The summed E-state index contributed by atoms with van der Waals surface area (Å²) in [6.07, 6.45) is 2.18. The Labute approximate surface area is 232 Å². The fraction of sp³-hybridized carbons (Fsp3) is 0. The van der Waals surface area contributed by atoms with Gasteiger partial charge in [0, 0.05) is 44.9 Å². The number of aromatic nitrogens is 3. The van der Waals surface area contributed by atoms with E-state index >= 15 is 0 Å². The molecule has 188 valence electrons. The van der Waals surface area contributed by atoms with Gasteiger partial charge in [0.25, 0.3) is 0 Å².